The molecule has 13 heavy (non-hydrogen) atoms. The highest BCUT2D eigenvalue weighted by Crippen LogP contribution is 2.22. The third-order valence-electron chi connectivity index (χ3n) is 2.40. The van der Waals surface area contributed by atoms with E-state index in [1.54, 1.807) is 0 Å². The minimum Gasteiger partial charge on any atom is -0.465 e. The Morgan fingerprint density at radius 2 is 2.46 bits per heavy atom. The van der Waals surface area contributed by atoms with Gasteiger partial charge >= 0.3 is 6.09 Å². The van der Waals surface area contributed by atoms with Crippen molar-refractivity contribution in [3.8, 4) is 0 Å². The van der Waals surface area contributed by atoms with Crippen LogP contribution in [0.15, 0.2) is 5.11 Å². The zero-order valence-corrected chi connectivity index (χ0v) is 7.42. The van der Waals surface area contributed by atoms with Crippen LogP contribution in [0.3, 0.4) is 0 Å². The first-order valence-corrected chi connectivity index (χ1v) is 4.21. The molecule has 1 N–H and O–H groups in total. The third-order valence-corrected chi connectivity index (χ3v) is 2.40. The Hall–Kier alpha value is -1.42. The molecule has 1 fully saturated rings. The summed E-state index contributed by atoms with van der Waals surface area (Å²) >= 11 is 0. The molecule has 0 aromatic carbocycles. The van der Waals surface area contributed by atoms with E-state index < -0.39 is 6.09 Å². The van der Waals surface area contributed by atoms with Gasteiger partial charge in [-0.25, -0.2) is 4.79 Å². The molecule has 1 aliphatic heterocycles. The second kappa shape index (κ2) is 4.00. The van der Waals surface area contributed by atoms with Crippen molar-refractivity contribution in [1.29, 1.82) is 0 Å². The number of hydrogen-bond acceptors (Lipinski definition) is 2. The Morgan fingerprint density at radius 1 is 1.77 bits per heavy atom. The quantitative estimate of drug-likeness (QED) is 0.402. The van der Waals surface area contributed by atoms with Gasteiger partial charge in [0, 0.05) is 18.0 Å². The molecule has 1 saturated heterocycles. The summed E-state index contributed by atoms with van der Waals surface area (Å²) in [5, 5.41) is 12.3. The molecule has 0 bridgehead atoms. The largest absolute Gasteiger partial charge is 0.465 e. The third kappa shape index (κ3) is 2.03. The highest BCUT2D eigenvalue weighted by atomic mass is 16.4. The molecule has 72 valence electrons. The van der Waals surface area contributed by atoms with E-state index in [1.165, 1.54) is 4.90 Å². The Balaban J connectivity index is 2.66. The molecule has 0 spiro atoms. The fraction of sp³-hybridized carbons (Fsp3) is 0.857. The predicted molar refractivity (Wildman–Crippen MR) is 46.3 cm³/mol. The molecule has 0 radical (unpaired) electrons. The second-order valence-corrected chi connectivity index (χ2v) is 3.13. The Morgan fingerprint density at radius 3 is 2.92 bits per heavy atom. The molecule has 0 saturated carbocycles. The van der Waals surface area contributed by atoms with Crippen LogP contribution in [-0.2, 0) is 0 Å². The lowest BCUT2D eigenvalue weighted by atomic mass is 10.0. The van der Waals surface area contributed by atoms with Crippen molar-refractivity contribution >= 4 is 6.09 Å². The molecule has 1 amide bonds. The molecule has 1 heterocycles. The van der Waals surface area contributed by atoms with Gasteiger partial charge in [-0.05, 0) is 11.4 Å². The Kier molecular flexibility index (Phi) is 2.97. The number of azide groups is 1. The lowest BCUT2D eigenvalue weighted by Gasteiger charge is -2.10. The second-order valence-electron chi connectivity index (χ2n) is 3.13. The Labute approximate surface area is 75.8 Å². The smallest absolute Gasteiger partial charge is 0.407 e. The number of amides is 1. The minimum atomic E-state index is -0.936. The average molecular weight is 184 g/mol. The van der Waals surface area contributed by atoms with Gasteiger partial charge in [0.15, 0.2) is 0 Å². The van der Waals surface area contributed by atoms with Gasteiger partial charge in [0.1, 0.15) is 0 Å². The first kappa shape index (κ1) is 9.67. The first-order valence-electron chi connectivity index (χ1n) is 4.21. The molecule has 6 heteroatoms. The maximum atomic E-state index is 10.6. The van der Waals surface area contributed by atoms with Crippen LogP contribution in [0.1, 0.15) is 13.3 Å². The monoisotopic (exact) mass is 184 g/mol. The fourth-order valence-electron chi connectivity index (χ4n) is 1.61. The predicted octanol–water partition coefficient (Wildman–Crippen LogP) is 1.69. The van der Waals surface area contributed by atoms with Crippen LogP contribution in [0.25, 0.3) is 10.4 Å². The number of rotatable bonds is 2. The molecule has 0 aromatic heterocycles. The van der Waals surface area contributed by atoms with Crippen molar-refractivity contribution in [2.45, 2.75) is 19.4 Å². The van der Waals surface area contributed by atoms with Crippen LogP contribution < -0.4 is 0 Å². The SMILES string of the molecule is CCC1CN(C(=O)O)CC1N=[N+]=[N-]. The summed E-state index contributed by atoms with van der Waals surface area (Å²) in [7, 11) is 0. The summed E-state index contributed by atoms with van der Waals surface area (Å²) in [6.07, 6.45) is -0.0953. The number of carboxylic acid groups (broad SMARTS) is 1. The molecule has 1 rings (SSSR count). The van der Waals surface area contributed by atoms with Crippen LogP contribution in [0.4, 0.5) is 4.79 Å². The van der Waals surface area contributed by atoms with Crippen molar-refractivity contribution in [2.24, 2.45) is 11.0 Å². The molecule has 0 aliphatic carbocycles. The summed E-state index contributed by atoms with van der Waals surface area (Å²) in [4.78, 5) is 14.6. The zero-order valence-electron chi connectivity index (χ0n) is 7.42. The highest BCUT2D eigenvalue weighted by molar-refractivity contribution is 5.65. The normalized spacial score (nSPS) is 27.0. The minimum absolute atomic E-state index is 0.173. The zero-order chi connectivity index (χ0) is 9.84. The van der Waals surface area contributed by atoms with Gasteiger partial charge in [-0.3, -0.25) is 0 Å². The summed E-state index contributed by atoms with van der Waals surface area (Å²) in [6, 6.07) is -0.189. The fourth-order valence-corrected chi connectivity index (χ4v) is 1.61. The molecular weight excluding hydrogens is 172 g/mol. The van der Waals surface area contributed by atoms with Crippen molar-refractivity contribution in [1.82, 2.24) is 4.90 Å². The number of nitrogens with zero attached hydrogens (tertiary/aromatic N) is 4. The van der Waals surface area contributed by atoms with Gasteiger partial charge in [0.25, 0.3) is 0 Å². The van der Waals surface area contributed by atoms with Crippen LogP contribution in [0.5, 0.6) is 0 Å². The maximum Gasteiger partial charge on any atom is 0.407 e. The van der Waals surface area contributed by atoms with Crippen molar-refractivity contribution in [3.63, 3.8) is 0 Å². The van der Waals surface area contributed by atoms with Crippen molar-refractivity contribution < 1.29 is 9.90 Å². The van der Waals surface area contributed by atoms with E-state index >= 15 is 0 Å². The Bertz CT molecular complexity index is 249. The summed E-state index contributed by atoms with van der Waals surface area (Å²) in [5.41, 5.74) is 8.26. The van der Waals surface area contributed by atoms with Gasteiger partial charge < -0.3 is 10.0 Å². The van der Waals surface area contributed by atoms with E-state index in [9.17, 15) is 4.79 Å². The maximum absolute atomic E-state index is 10.6. The highest BCUT2D eigenvalue weighted by Gasteiger charge is 2.33. The standard InChI is InChI=1S/C7H12N4O2/c1-2-5-3-11(7(12)13)4-6(5)9-10-8/h5-6H,2-4H2,1H3,(H,12,13). The van der Waals surface area contributed by atoms with Gasteiger partial charge in [-0.15, -0.1) is 0 Å². The van der Waals surface area contributed by atoms with E-state index in [-0.39, 0.29) is 12.0 Å². The van der Waals surface area contributed by atoms with E-state index in [0.717, 1.165) is 6.42 Å². The van der Waals surface area contributed by atoms with Crippen LogP contribution >= 0.6 is 0 Å². The lowest BCUT2D eigenvalue weighted by molar-refractivity contribution is 0.153. The molecule has 6 nitrogen and oxygen atoms in total. The van der Waals surface area contributed by atoms with E-state index in [2.05, 4.69) is 10.0 Å². The topological polar surface area (TPSA) is 89.3 Å². The number of hydrogen-bond donors (Lipinski definition) is 1. The summed E-state index contributed by atoms with van der Waals surface area (Å²) < 4.78 is 0. The van der Waals surface area contributed by atoms with Crippen LogP contribution in [0.2, 0.25) is 0 Å². The number of carbonyl (C=O) groups is 1. The van der Waals surface area contributed by atoms with Gasteiger partial charge in [-0.2, -0.15) is 0 Å². The molecular formula is C7H12N4O2. The molecule has 2 atom stereocenters. The summed E-state index contributed by atoms with van der Waals surface area (Å²) in [6.45, 7) is 2.78. The van der Waals surface area contributed by atoms with Crippen LogP contribution in [-0.4, -0.2) is 35.2 Å². The number of likely N-dealkylation sites (tertiary alicyclic amines) is 1. The molecule has 2 unspecified atom stereocenters. The lowest BCUT2D eigenvalue weighted by Crippen LogP contribution is -2.27. The molecule has 1 aliphatic rings. The van der Waals surface area contributed by atoms with Crippen LogP contribution in [0, 0.1) is 5.92 Å². The van der Waals surface area contributed by atoms with Crippen molar-refractivity contribution in [3.05, 3.63) is 10.4 Å². The summed E-state index contributed by atoms with van der Waals surface area (Å²) in [5.74, 6) is 0.173. The average Bonchev–Trinajstić information content (AvgIpc) is 2.48. The molecule has 0 aromatic rings. The van der Waals surface area contributed by atoms with E-state index in [1.807, 2.05) is 6.92 Å². The van der Waals surface area contributed by atoms with Gasteiger partial charge in [-0.1, -0.05) is 18.5 Å². The van der Waals surface area contributed by atoms with Gasteiger partial charge in [0.2, 0.25) is 0 Å². The van der Waals surface area contributed by atoms with E-state index in [0.29, 0.717) is 13.1 Å². The van der Waals surface area contributed by atoms with Gasteiger partial charge in [0.05, 0.1) is 6.04 Å². The van der Waals surface area contributed by atoms with Crippen molar-refractivity contribution in [2.75, 3.05) is 13.1 Å². The first-order chi connectivity index (χ1) is 6.19. The van der Waals surface area contributed by atoms with E-state index in [4.69, 9.17) is 10.6 Å².